The van der Waals surface area contributed by atoms with E-state index in [2.05, 4.69) is 39.6 Å². The van der Waals surface area contributed by atoms with Crippen LogP contribution in [-0.4, -0.2) is 6.54 Å². The van der Waals surface area contributed by atoms with Crippen molar-refractivity contribution in [2.45, 2.75) is 19.4 Å². The minimum Gasteiger partial charge on any atom is -0.309 e. The predicted molar refractivity (Wildman–Crippen MR) is 78.5 cm³/mol. The van der Waals surface area contributed by atoms with E-state index in [4.69, 9.17) is 0 Å². The molecule has 4 heteroatoms. The molecule has 1 aromatic carbocycles. The van der Waals surface area contributed by atoms with Gasteiger partial charge in [0.05, 0.1) is 0 Å². The Balaban J connectivity index is 1.86. The van der Waals surface area contributed by atoms with Crippen LogP contribution in [-0.2, 0) is 6.42 Å². The Labute approximate surface area is 119 Å². The number of rotatable bonds is 5. The van der Waals surface area contributed by atoms with Crippen LogP contribution in [0.1, 0.15) is 23.4 Å². The maximum absolute atomic E-state index is 13.4. The minimum absolute atomic E-state index is 0.121. The second kappa shape index (κ2) is 6.45. The third-order valence-corrected chi connectivity index (χ3v) is 4.89. The molecule has 0 saturated carbocycles. The molecule has 96 valence electrons. The maximum atomic E-state index is 13.4. The van der Waals surface area contributed by atoms with Crippen LogP contribution >= 0.6 is 27.3 Å². The lowest BCUT2D eigenvalue weighted by molar-refractivity contribution is 0.563. The summed E-state index contributed by atoms with van der Waals surface area (Å²) in [5.74, 6) is -0.121. The van der Waals surface area contributed by atoms with Crippen LogP contribution in [0.5, 0.6) is 0 Å². The standard InChI is InChI=1S/C14H15BrFNS/c1-10(14-12(15)7-9-18-14)17-8-6-11-4-2-3-5-13(11)16/h2-5,7,9-10,17H,6,8H2,1H3. The van der Waals surface area contributed by atoms with E-state index in [1.807, 2.05) is 12.1 Å². The summed E-state index contributed by atoms with van der Waals surface area (Å²) in [6.07, 6.45) is 0.708. The van der Waals surface area contributed by atoms with Gasteiger partial charge in [0.25, 0.3) is 0 Å². The number of nitrogens with one attached hydrogen (secondary N) is 1. The zero-order valence-corrected chi connectivity index (χ0v) is 12.5. The molecule has 0 bridgehead atoms. The Morgan fingerprint density at radius 3 is 2.78 bits per heavy atom. The first kappa shape index (κ1) is 13.7. The lowest BCUT2D eigenvalue weighted by Crippen LogP contribution is -2.21. The lowest BCUT2D eigenvalue weighted by Gasteiger charge is -2.13. The molecule has 2 rings (SSSR count). The second-order valence-corrected chi connectivity index (χ2v) is 5.95. The first-order valence-electron chi connectivity index (χ1n) is 5.88. The van der Waals surface area contributed by atoms with Crippen molar-refractivity contribution < 1.29 is 4.39 Å². The van der Waals surface area contributed by atoms with Crippen LogP contribution in [0.3, 0.4) is 0 Å². The van der Waals surface area contributed by atoms with E-state index in [1.165, 1.54) is 10.9 Å². The van der Waals surface area contributed by atoms with E-state index in [-0.39, 0.29) is 11.9 Å². The highest BCUT2D eigenvalue weighted by molar-refractivity contribution is 9.10. The van der Waals surface area contributed by atoms with Gasteiger partial charge in [-0.1, -0.05) is 18.2 Å². The summed E-state index contributed by atoms with van der Waals surface area (Å²) in [6, 6.07) is 9.27. The molecular weight excluding hydrogens is 313 g/mol. The molecule has 1 atom stereocenters. The number of hydrogen-bond acceptors (Lipinski definition) is 2. The maximum Gasteiger partial charge on any atom is 0.126 e. The van der Waals surface area contributed by atoms with Gasteiger partial charge in [0, 0.05) is 15.4 Å². The Hall–Kier alpha value is -0.710. The fourth-order valence-electron chi connectivity index (χ4n) is 1.83. The first-order chi connectivity index (χ1) is 8.68. The van der Waals surface area contributed by atoms with Gasteiger partial charge in [-0.2, -0.15) is 0 Å². The number of thiophene rings is 1. The molecule has 1 aromatic heterocycles. The minimum atomic E-state index is -0.121. The lowest BCUT2D eigenvalue weighted by atomic mass is 10.1. The second-order valence-electron chi connectivity index (χ2n) is 4.15. The SMILES string of the molecule is CC(NCCc1ccccc1F)c1sccc1Br. The summed E-state index contributed by atoms with van der Waals surface area (Å²) in [4.78, 5) is 1.28. The molecule has 0 amide bonds. The average molecular weight is 328 g/mol. The van der Waals surface area contributed by atoms with Crippen LogP contribution in [0.4, 0.5) is 4.39 Å². The number of benzene rings is 1. The van der Waals surface area contributed by atoms with Gasteiger partial charge in [-0.15, -0.1) is 11.3 Å². The van der Waals surface area contributed by atoms with Crippen molar-refractivity contribution in [3.63, 3.8) is 0 Å². The molecule has 0 aliphatic heterocycles. The van der Waals surface area contributed by atoms with Gasteiger partial charge in [-0.25, -0.2) is 4.39 Å². The fourth-order valence-corrected chi connectivity index (χ4v) is 3.58. The highest BCUT2D eigenvalue weighted by atomic mass is 79.9. The highest BCUT2D eigenvalue weighted by Gasteiger charge is 2.10. The zero-order chi connectivity index (χ0) is 13.0. The number of halogens is 2. The van der Waals surface area contributed by atoms with Gasteiger partial charge < -0.3 is 5.32 Å². The van der Waals surface area contributed by atoms with Crippen LogP contribution in [0.15, 0.2) is 40.2 Å². The molecule has 0 fully saturated rings. The Kier molecular flexibility index (Phi) is 4.92. The predicted octanol–water partition coefficient (Wildman–Crippen LogP) is 4.54. The normalized spacial score (nSPS) is 12.6. The third-order valence-electron chi connectivity index (χ3n) is 2.84. The van der Waals surface area contributed by atoms with Crippen LogP contribution < -0.4 is 5.32 Å². The topological polar surface area (TPSA) is 12.0 Å². The Morgan fingerprint density at radius 1 is 1.33 bits per heavy atom. The van der Waals surface area contributed by atoms with Crippen LogP contribution in [0.25, 0.3) is 0 Å². The molecule has 0 spiro atoms. The molecule has 0 saturated heterocycles. The zero-order valence-electron chi connectivity index (χ0n) is 10.1. The molecule has 0 aliphatic rings. The summed E-state index contributed by atoms with van der Waals surface area (Å²) in [5, 5.41) is 5.48. The van der Waals surface area contributed by atoms with Crippen molar-refractivity contribution in [2.24, 2.45) is 0 Å². The third kappa shape index (κ3) is 3.40. The van der Waals surface area contributed by atoms with Gasteiger partial charge in [0.1, 0.15) is 5.82 Å². The van der Waals surface area contributed by atoms with Crippen molar-refractivity contribution in [1.82, 2.24) is 5.32 Å². The monoisotopic (exact) mass is 327 g/mol. The molecule has 1 nitrogen and oxygen atoms in total. The smallest absolute Gasteiger partial charge is 0.126 e. The van der Waals surface area contributed by atoms with Crippen molar-refractivity contribution in [1.29, 1.82) is 0 Å². The van der Waals surface area contributed by atoms with E-state index in [1.54, 1.807) is 17.4 Å². The van der Waals surface area contributed by atoms with E-state index in [9.17, 15) is 4.39 Å². The Morgan fingerprint density at radius 2 is 2.11 bits per heavy atom. The van der Waals surface area contributed by atoms with Crippen molar-refractivity contribution in [2.75, 3.05) is 6.54 Å². The van der Waals surface area contributed by atoms with Crippen LogP contribution in [0, 0.1) is 5.82 Å². The van der Waals surface area contributed by atoms with E-state index >= 15 is 0 Å². The molecule has 1 unspecified atom stereocenters. The van der Waals surface area contributed by atoms with Crippen molar-refractivity contribution >= 4 is 27.3 Å². The van der Waals surface area contributed by atoms with Gasteiger partial charge in [0.15, 0.2) is 0 Å². The molecule has 18 heavy (non-hydrogen) atoms. The molecule has 2 aromatic rings. The van der Waals surface area contributed by atoms with Crippen molar-refractivity contribution in [3.8, 4) is 0 Å². The van der Waals surface area contributed by atoms with Crippen LogP contribution in [0.2, 0.25) is 0 Å². The summed E-state index contributed by atoms with van der Waals surface area (Å²) in [6.45, 7) is 2.89. The largest absolute Gasteiger partial charge is 0.309 e. The highest BCUT2D eigenvalue weighted by Crippen LogP contribution is 2.28. The molecular formula is C14H15BrFNS. The van der Waals surface area contributed by atoms with Crippen molar-refractivity contribution in [3.05, 3.63) is 56.4 Å². The molecule has 0 radical (unpaired) electrons. The molecule has 0 aliphatic carbocycles. The van der Waals surface area contributed by atoms with E-state index < -0.39 is 0 Å². The Bertz CT molecular complexity index is 512. The molecule has 1 N–H and O–H groups in total. The summed E-state index contributed by atoms with van der Waals surface area (Å²) in [7, 11) is 0. The van der Waals surface area contributed by atoms with Gasteiger partial charge >= 0.3 is 0 Å². The van der Waals surface area contributed by atoms with E-state index in [0.29, 0.717) is 6.42 Å². The summed E-state index contributed by atoms with van der Waals surface area (Å²) in [5.41, 5.74) is 0.766. The summed E-state index contributed by atoms with van der Waals surface area (Å²) < 4.78 is 14.6. The summed E-state index contributed by atoms with van der Waals surface area (Å²) >= 11 is 5.25. The number of hydrogen-bond donors (Lipinski definition) is 1. The average Bonchev–Trinajstić information content (AvgIpc) is 2.78. The van der Waals surface area contributed by atoms with Gasteiger partial charge in [-0.05, 0) is 58.9 Å². The van der Waals surface area contributed by atoms with Gasteiger partial charge in [-0.3, -0.25) is 0 Å². The van der Waals surface area contributed by atoms with E-state index in [0.717, 1.165) is 16.6 Å². The molecule has 1 heterocycles. The van der Waals surface area contributed by atoms with Gasteiger partial charge in [0.2, 0.25) is 0 Å². The first-order valence-corrected chi connectivity index (χ1v) is 7.55. The fraction of sp³-hybridized carbons (Fsp3) is 0.286. The quantitative estimate of drug-likeness (QED) is 0.849.